The van der Waals surface area contributed by atoms with Crippen LogP contribution in [0.25, 0.3) is 0 Å². The van der Waals surface area contributed by atoms with E-state index in [0.717, 1.165) is 4.90 Å². The molecule has 2 atom stereocenters. The normalized spacial score (nSPS) is 24.4. The summed E-state index contributed by atoms with van der Waals surface area (Å²) >= 11 is 0. The number of piperidine rings is 1. The van der Waals surface area contributed by atoms with Crippen LogP contribution in [0.3, 0.4) is 0 Å². The average Bonchev–Trinajstić information content (AvgIpc) is 2.16. The maximum atomic E-state index is 11.7. The van der Waals surface area contributed by atoms with E-state index in [0.29, 0.717) is 12.8 Å². The average molecular weight is 215 g/mol. The molecule has 1 saturated heterocycles. The lowest BCUT2D eigenvalue weighted by molar-refractivity contribution is -0.141. The molecule has 2 unspecified atom stereocenters. The number of rotatable bonds is 2. The van der Waals surface area contributed by atoms with Gasteiger partial charge in [0.1, 0.15) is 0 Å². The molecule has 0 radical (unpaired) electrons. The van der Waals surface area contributed by atoms with Crippen molar-refractivity contribution in [3.05, 3.63) is 0 Å². The zero-order chi connectivity index (χ0) is 11.6. The zero-order valence-electron chi connectivity index (χ0n) is 9.01. The van der Waals surface area contributed by atoms with Gasteiger partial charge in [0.25, 0.3) is 0 Å². The standard InChI is InChI=1S/C10H17NO4/c1-6(2)8(12)7-4-3-5-11(9(7)13)10(14)15/h6-8,12H,3-5H2,1-2H3,(H,14,15). The van der Waals surface area contributed by atoms with Crippen LogP contribution in [0, 0.1) is 11.8 Å². The first-order chi connectivity index (χ1) is 6.95. The third-order valence-corrected chi connectivity index (χ3v) is 2.81. The summed E-state index contributed by atoms with van der Waals surface area (Å²) in [6, 6.07) is 0. The van der Waals surface area contributed by atoms with Crippen molar-refractivity contribution >= 4 is 12.0 Å². The van der Waals surface area contributed by atoms with Crippen LogP contribution in [0.15, 0.2) is 0 Å². The molecule has 0 aromatic rings. The molecule has 0 bridgehead atoms. The van der Waals surface area contributed by atoms with Gasteiger partial charge in [0.15, 0.2) is 0 Å². The van der Waals surface area contributed by atoms with Gasteiger partial charge in [-0.2, -0.15) is 0 Å². The van der Waals surface area contributed by atoms with Crippen LogP contribution in [-0.4, -0.2) is 39.8 Å². The van der Waals surface area contributed by atoms with Gasteiger partial charge in [-0.25, -0.2) is 9.69 Å². The predicted octanol–water partition coefficient (Wildman–Crippen LogP) is 0.920. The maximum absolute atomic E-state index is 11.7. The first kappa shape index (κ1) is 12.0. The van der Waals surface area contributed by atoms with Gasteiger partial charge in [0.05, 0.1) is 12.0 Å². The van der Waals surface area contributed by atoms with Gasteiger partial charge in [-0.3, -0.25) is 4.79 Å². The van der Waals surface area contributed by atoms with Crippen molar-refractivity contribution in [2.75, 3.05) is 6.54 Å². The Bertz CT molecular complexity index is 264. The van der Waals surface area contributed by atoms with Gasteiger partial charge in [0.2, 0.25) is 5.91 Å². The summed E-state index contributed by atoms with van der Waals surface area (Å²) in [4.78, 5) is 23.2. The van der Waals surface area contributed by atoms with E-state index in [2.05, 4.69) is 0 Å². The maximum Gasteiger partial charge on any atom is 0.414 e. The van der Waals surface area contributed by atoms with Crippen LogP contribution in [-0.2, 0) is 4.79 Å². The molecule has 15 heavy (non-hydrogen) atoms. The summed E-state index contributed by atoms with van der Waals surface area (Å²) in [5, 5.41) is 18.6. The van der Waals surface area contributed by atoms with E-state index in [4.69, 9.17) is 5.11 Å². The molecule has 2 N–H and O–H groups in total. The summed E-state index contributed by atoms with van der Waals surface area (Å²) in [5.74, 6) is -1.06. The van der Waals surface area contributed by atoms with Crippen molar-refractivity contribution < 1.29 is 19.8 Å². The molecular weight excluding hydrogens is 198 g/mol. The summed E-state index contributed by atoms with van der Waals surface area (Å²) < 4.78 is 0. The molecular formula is C10H17NO4. The number of amides is 2. The molecule has 1 aliphatic heterocycles. The zero-order valence-corrected chi connectivity index (χ0v) is 9.01. The van der Waals surface area contributed by atoms with E-state index in [1.807, 2.05) is 13.8 Å². The predicted molar refractivity (Wildman–Crippen MR) is 53.3 cm³/mol. The van der Waals surface area contributed by atoms with E-state index in [-0.39, 0.29) is 12.5 Å². The Morgan fingerprint density at radius 1 is 1.53 bits per heavy atom. The third kappa shape index (κ3) is 2.47. The highest BCUT2D eigenvalue weighted by molar-refractivity contribution is 5.93. The van der Waals surface area contributed by atoms with Gasteiger partial charge in [-0.1, -0.05) is 13.8 Å². The van der Waals surface area contributed by atoms with Crippen LogP contribution < -0.4 is 0 Å². The molecule has 1 aliphatic rings. The minimum atomic E-state index is -1.22. The van der Waals surface area contributed by atoms with Crippen molar-refractivity contribution in [2.24, 2.45) is 11.8 Å². The second-order valence-corrected chi connectivity index (χ2v) is 4.26. The fourth-order valence-electron chi connectivity index (χ4n) is 1.87. The molecule has 0 spiro atoms. The molecule has 1 rings (SSSR count). The highest BCUT2D eigenvalue weighted by Crippen LogP contribution is 2.25. The van der Waals surface area contributed by atoms with Crippen molar-refractivity contribution in [2.45, 2.75) is 32.8 Å². The second kappa shape index (κ2) is 4.61. The topological polar surface area (TPSA) is 77.8 Å². The number of hydrogen-bond donors (Lipinski definition) is 2. The number of nitrogens with zero attached hydrogens (tertiary/aromatic N) is 1. The third-order valence-electron chi connectivity index (χ3n) is 2.81. The van der Waals surface area contributed by atoms with E-state index >= 15 is 0 Å². The first-order valence-electron chi connectivity index (χ1n) is 5.17. The minimum absolute atomic E-state index is 0.0345. The molecule has 2 amide bonds. The Morgan fingerprint density at radius 3 is 2.60 bits per heavy atom. The first-order valence-corrected chi connectivity index (χ1v) is 5.17. The Labute approximate surface area is 88.7 Å². The van der Waals surface area contributed by atoms with Gasteiger partial charge in [0, 0.05) is 6.54 Å². The molecule has 0 aromatic carbocycles. The Morgan fingerprint density at radius 2 is 2.13 bits per heavy atom. The molecule has 86 valence electrons. The smallest absolute Gasteiger partial charge is 0.414 e. The summed E-state index contributed by atoms with van der Waals surface area (Å²) in [7, 11) is 0. The van der Waals surface area contributed by atoms with Crippen LogP contribution in [0.2, 0.25) is 0 Å². The van der Waals surface area contributed by atoms with E-state index in [9.17, 15) is 14.7 Å². The number of aliphatic hydroxyl groups is 1. The highest BCUT2D eigenvalue weighted by Gasteiger charge is 2.37. The fourth-order valence-corrected chi connectivity index (χ4v) is 1.87. The lowest BCUT2D eigenvalue weighted by atomic mass is 9.86. The van der Waals surface area contributed by atoms with E-state index in [1.54, 1.807) is 0 Å². The monoisotopic (exact) mass is 215 g/mol. The molecule has 0 aromatic heterocycles. The SMILES string of the molecule is CC(C)C(O)C1CCCN(C(=O)O)C1=O. The Balaban J connectivity index is 2.75. The molecule has 1 fully saturated rings. The fraction of sp³-hybridized carbons (Fsp3) is 0.800. The van der Waals surface area contributed by atoms with E-state index in [1.165, 1.54) is 0 Å². The van der Waals surface area contributed by atoms with Gasteiger partial charge < -0.3 is 10.2 Å². The largest absolute Gasteiger partial charge is 0.465 e. The lowest BCUT2D eigenvalue weighted by Crippen LogP contribution is -2.48. The Hall–Kier alpha value is -1.10. The van der Waals surface area contributed by atoms with Crippen LogP contribution in [0.4, 0.5) is 4.79 Å². The number of carboxylic acid groups (broad SMARTS) is 1. The van der Waals surface area contributed by atoms with Gasteiger partial charge in [-0.15, -0.1) is 0 Å². The number of likely N-dealkylation sites (tertiary alicyclic amines) is 1. The summed E-state index contributed by atoms with van der Waals surface area (Å²) in [6.07, 6.45) is -0.769. The quantitative estimate of drug-likeness (QED) is 0.718. The molecule has 1 heterocycles. The summed E-state index contributed by atoms with van der Waals surface area (Å²) in [6.45, 7) is 3.88. The van der Waals surface area contributed by atoms with Crippen molar-refractivity contribution in [3.8, 4) is 0 Å². The number of hydrogen-bond acceptors (Lipinski definition) is 3. The number of carbonyl (C=O) groups excluding carboxylic acids is 1. The van der Waals surface area contributed by atoms with E-state index < -0.39 is 24.0 Å². The van der Waals surface area contributed by atoms with Crippen LogP contribution >= 0.6 is 0 Å². The van der Waals surface area contributed by atoms with Crippen molar-refractivity contribution in [1.82, 2.24) is 4.90 Å². The molecule has 0 aliphatic carbocycles. The molecule has 5 nitrogen and oxygen atoms in total. The van der Waals surface area contributed by atoms with Crippen molar-refractivity contribution in [3.63, 3.8) is 0 Å². The molecule has 5 heteroatoms. The second-order valence-electron chi connectivity index (χ2n) is 4.26. The Kier molecular flexibility index (Phi) is 3.68. The minimum Gasteiger partial charge on any atom is -0.465 e. The highest BCUT2D eigenvalue weighted by atomic mass is 16.4. The lowest BCUT2D eigenvalue weighted by Gasteiger charge is -2.32. The number of imide groups is 1. The number of aliphatic hydroxyl groups excluding tert-OH is 1. The van der Waals surface area contributed by atoms with Gasteiger partial charge in [-0.05, 0) is 18.8 Å². The van der Waals surface area contributed by atoms with Crippen LogP contribution in [0.5, 0.6) is 0 Å². The number of carbonyl (C=O) groups is 2. The molecule has 0 saturated carbocycles. The van der Waals surface area contributed by atoms with Gasteiger partial charge >= 0.3 is 6.09 Å². The van der Waals surface area contributed by atoms with Crippen molar-refractivity contribution in [1.29, 1.82) is 0 Å². The van der Waals surface area contributed by atoms with Crippen LogP contribution in [0.1, 0.15) is 26.7 Å². The summed E-state index contributed by atoms with van der Waals surface area (Å²) in [5.41, 5.74) is 0.